The monoisotopic (exact) mass is 284 g/mol. The first-order valence-corrected chi connectivity index (χ1v) is 7.57. The summed E-state index contributed by atoms with van der Waals surface area (Å²) in [4.78, 5) is 11.0. The molecule has 92 valence electrons. The highest BCUT2D eigenvalue weighted by molar-refractivity contribution is 8.01. The molecule has 2 aromatic rings. The number of hydrogen-bond acceptors (Lipinski definition) is 2. The summed E-state index contributed by atoms with van der Waals surface area (Å²) < 4.78 is 38.7. The van der Waals surface area contributed by atoms with E-state index in [0.717, 1.165) is 12.1 Å². The van der Waals surface area contributed by atoms with Crippen molar-refractivity contribution in [3.8, 4) is 0 Å². The van der Waals surface area contributed by atoms with Gasteiger partial charge in [0.1, 0.15) is 11.6 Å². The summed E-state index contributed by atoms with van der Waals surface area (Å²) in [7, 11) is -3.84. The molecule has 1 atom stereocenters. The number of benzene rings is 2. The summed E-state index contributed by atoms with van der Waals surface area (Å²) in [5.74, 6) is -1.03. The van der Waals surface area contributed by atoms with Crippen LogP contribution in [0.4, 0.5) is 8.78 Å². The molecule has 6 heteroatoms. The van der Waals surface area contributed by atoms with Gasteiger partial charge in [-0.05, 0) is 36.4 Å². The Bertz CT molecular complexity index is 702. The van der Waals surface area contributed by atoms with Crippen molar-refractivity contribution in [2.75, 3.05) is 0 Å². The molecule has 0 spiro atoms. The molecule has 0 fully saturated rings. The van der Waals surface area contributed by atoms with Crippen LogP contribution in [0.3, 0.4) is 0 Å². The molecule has 2 aromatic carbocycles. The number of hydrogen-bond donors (Lipinski definition) is 1. The Morgan fingerprint density at radius 1 is 0.944 bits per heavy atom. The van der Waals surface area contributed by atoms with Crippen molar-refractivity contribution in [3.05, 3.63) is 48.0 Å². The van der Waals surface area contributed by atoms with Gasteiger partial charge >= 0.3 is 0 Å². The van der Waals surface area contributed by atoms with Crippen LogP contribution in [0.25, 0.3) is 0 Å². The van der Waals surface area contributed by atoms with Crippen LogP contribution in [0.2, 0.25) is 0 Å². The fraction of sp³-hybridized carbons (Fsp3) is 0. The summed E-state index contributed by atoms with van der Waals surface area (Å²) in [5.41, 5.74) is 0. The van der Waals surface area contributed by atoms with Crippen LogP contribution < -0.4 is 10.6 Å². The van der Waals surface area contributed by atoms with Crippen LogP contribution in [-0.4, -0.2) is 4.89 Å². The quantitative estimate of drug-likeness (QED) is 0.756. The number of halogens is 2. The first kappa shape index (κ1) is 11.9. The lowest BCUT2D eigenvalue weighted by Crippen LogP contribution is -2.23. The standard InChI is InChI=1S/C12H7F2O2PS/c13-7-2-4-11-10(5-7)17(15,16)9-3-1-8(14)6-12(9)18-11/h1-6H,(H,15,16). The molecule has 0 aromatic heterocycles. The minimum atomic E-state index is -3.84. The highest BCUT2D eigenvalue weighted by Gasteiger charge is 2.35. The van der Waals surface area contributed by atoms with Crippen molar-refractivity contribution in [3.63, 3.8) is 0 Å². The summed E-state index contributed by atoms with van der Waals surface area (Å²) >= 11 is 1.17. The predicted octanol–water partition coefficient (Wildman–Crippen LogP) is 2.65. The lowest BCUT2D eigenvalue weighted by atomic mass is 10.3. The van der Waals surface area contributed by atoms with E-state index in [2.05, 4.69) is 0 Å². The molecular weight excluding hydrogens is 277 g/mol. The normalized spacial score (nSPS) is 21.3. The largest absolute Gasteiger partial charge is 0.338 e. The van der Waals surface area contributed by atoms with E-state index in [-0.39, 0.29) is 10.6 Å². The van der Waals surface area contributed by atoms with Crippen molar-refractivity contribution in [1.82, 2.24) is 0 Å². The van der Waals surface area contributed by atoms with Gasteiger partial charge in [-0.2, -0.15) is 0 Å². The van der Waals surface area contributed by atoms with E-state index in [4.69, 9.17) is 0 Å². The van der Waals surface area contributed by atoms with Crippen LogP contribution >= 0.6 is 19.1 Å². The van der Waals surface area contributed by atoms with Gasteiger partial charge in [0.25, 0.3) is 7.37 Å². The van der Waals surface area contributed by atoms with Crippen molar-refractivity contribution in [2.24, 2.45) is 0 Å². The molecule has 1 unspecified atom stereocenters. The Hall–Kier alpha value is -1.16. The zero-order chi connectivity index (χ0) is 12.9. The average molecular weight is 284 g/mol. The van der Waals surface area contributed by atoms with E-state index in [1.165, 1.54) is 36.0 Å². The van der Waals surface area contributed by atoms with E-state index in [0.29, 0.717) is 9.79 Å². The van der Waals surface area contributed by atoms with E-state index in [9.17, 15) is 18.2 Å². The van der Waals surface area contributed by atoms with Crippen LogP contribution in [0.15, 0.2) is 46.2 Å². The lowest BCUT2D eigenvalue weighted by Gasteiger charge is -2.23. The molecule has 0 radical (unpaired) electrons. The van der Waals surface area contributed by atoms with E-state index in [1.807, 2.05) is 0 Å². The van der Waals surface area contributed by atoms with Gasteiger partial charge in [-0.3, -0.25) is 4.57 Å². The Labute approximate surface area is 106 Å². The molecule has 0 saturated carbocycles. The predicted molar refractivity (Wildman–Crippen MR) is 66.0 cm³/mol. The van der Waals surface area contributed by atoms with Gasteiger partial charge in [-0.1, -0.05) is 11.8 Å². The number of rotatable bonds is 0. The molecule has 1 N–H and O–H groups in total. The summed E-state index contributed by atoms with van der Waals surface area (Å²) in [6.45, 7) is 0. The van der Waals surface area contributed by atoms with E-state index >= 15 is 0 Å². The summed E-state index contributed by atoms with van der Waals surface area (Å²) in [5, 5.41) is 0.235. The maximum atomic E-state index is 13.2. The molecule has 0 aliphatic carbocycles. The molecule has 0 bridgehead atoms. The summed E-state index contributed by atoms with van der Waals surface area (Å²) in [6.07, 6.45) is 0. The maximum absolute atomic E-state index is 13.2. The van der Waals surface area contributed by atoms with Gasteiger partial charge < -0.3 is 4.89 Å². The molecule has 0 saturated heterocycles. The first-order chi connectivity index (χ1) is 8.48. The van der Waals surface area contributed by atoms with Gasteiger partial charge in [-0.15, -0.1) is 0 Å². The fourth-order valence-corrected chi connectivity index (χ4v) is 5.35. The SMILES string of the molecule is O=P1(O)c2ccc(F)cc2Sc2ccc(F)cc21. The highest BCUT2D eigenvalue weighted by Crippen LogP contribution is 2.49. The smallest absolute Gasteiger partial charge is 0.261 e. The van der Waals surface area contributed by atoms with Crippen LogP contribution in [-0.2, 0) is 4.57 Å². The molecule has 1 aliphatic heterocycles. The maximum Gasteiger partial charge on any atom is 0.261 e. The third kappa shape index (κ3) is 1.70. The van der Waals surface area contributed by atoms with Crippen LogP contribution in [0.1, 0.15) is 0 Å². The van der Waals surface area contributed by atoms with E-state index in [1.54, 1.807) is 0 Å². The molecule has 18 heavy (non-hydrogen) atoms. The van der Waals surface area contributed by atoms with Gasteiger partial charge in [-0.25, -0.2) is 8.78 Å². The topological polar surface area (TPSA) is 37.3 Å². The highest BCUT2D eigenvalue weighted by atomic mass is 32.2. The average Bonchev–Trinajstić information content (AvgIpc) is 2.30. The van der Waals surface area contributed by atoms with Gasteiger partial charge in [0.2, 0.25) is 0 Å². The minimum absolute atomic E-state index is 0.0756. The zero-order valence-corrected chi connectivity index (χ0v) is 10.6. The van der Waals surface area contributed by atoms with Crippen LogP contribution in [0.5, 0.6) is 0 Å². The molecule has 2 nitrogen and oxygen atoms in total. The summed E-state index contributed by atoms with van der Waals surface area (Å²) in [6, 6.07) is 7.35. The van der Waals surface area contributed by atoms with Gasteiger partial charge in [0.05, 0.1) is 10.6 Å². The number of fused-ring (bicyclic) bond motifs is 2. The Balaban J connectivity index is 2.30. The van der Waals surface area contributed by atoms with Gasteiger partial charge in [0.15, 0.2) is 0 Å². The molecule has 3 rings (SSSR count). The Kier molecular flexibility index (Phi) is 2.59. The molecule has 0 amide bonds. The van der Waals surface area contributed by atoms with Crippen molar-refractivity contribution >= 4 is 29.7 Å². The van der Waals surface area contributed by atoms with Gasteiger partial charge in [0, 0.05) is 9.79 Å². The van der Waals surface area contributed by atoms with E-state index < -0.39 is 19.0 Å². The van der Waals surface area contributed by atoms with Crippen LogP contribution in [0, 0.1) is 11.6 Å². The minimum Gasteiger partial charge on any atom is -0.338 e. The Morgan fingerprint density at radius 2 is 1.61 bits per heavy atom. The molecule has 1 aliphatic rings. The third-order valence-electron chi connectivity index (χ3n) is 2.72. The third-order valence-corrected chi connectivity index (χ3v) is 6.22. The molecule has 1 heterocycles. The molecular formula is C12H7F2O2PS. The second-order valence-corrected chi connectivity index (χ2v) is 7.10. The lowest BCUT2D eigenvalue weighted by molar-refractivity contribution is 0.499. The van der Waals surface area contributed by atoms with Crippen molar-refractivity contribution < 1.29 is 18.2 Å². The first-order valence-electron chi connectivity index (χ1n) is 5.09. The van der Waals surface area contributed by atoms with Crippen molar-refractivity contribution in [2.45, 2.75) is 9.79 Å². The fourth-order valence-electron chi connectivity index (χ4n) is 1.88. The zero-order valence-electron chi connectivity index (χ0n) is 8.93. The van der Waals surface area contributed by atoms with Crippen molar-refractivity contribution in [1.29, 1.82) is 0 Å². The second-order valence-electron chi connectivity index (χ2n) is 3.90. The Morgan fingerprint density at radius 3 is 2.39 bits per heavy atom. The second kappa shape index (κ2) is 3.92.